The molecule has 0 aromatic carbocycles. The smallest absolute Gasteiger partial charge is 0.115 e. The lowest BCUT2D eigenvalue weighted by Crippen LogP contribution is -2.44. The van der Waals surface area contributed by atoms with Gasteiger partial charge in [0.15, 0.2) is 0 Å². The van der Waals surface area contributed by atoms with Crippen LogP contribution < -0.4 is 5.73 Å². The Hall–Kier alpha value is -0.960. The molecule has 3 nitrogen and oxygen atoms in total. The summed E-state index contributed by atoms with van der Waals surface area (Å²) in [5, 5.41) is 0. The summed E-state index contributed by atoms with van der Waals surface area (Å²) in [6.07, 6.45) is 8.99. The summed E-state index contributed by atoms with van der Waals surface area (Å²) >= 11 is 0. The second-order valence-corrected chi connectivity index (χ2v) is 6.98. The summed E-state index contributed by atoms with van der Waals surface area (Å²) in [6.45, 7) is 2.66. The van der Waals surface area contributed by atoms with Gasteiger partial charge in [-0.05, 0) is 62.7 Å². The summed E-state index contributed by atoms with van der Waals surface area (Å²) in [7, 11) is 0. The largest absolute Gasteiger partial charge is 0.326 e. The molecule has 3 heteroatoms. The average molecular weight is 257 g/mol. The molecule has 0 atom stereocenters. The number of nitrogens with zero attached hydrogens (tertiary/aromatic N) is 2. The van der Waals surface area contributed by atoms with Gasteiger partial charge in [-0.25, -0.2) is 9.97 Å². The third kappa shape index (κ3) is 1.74. The van der Waals surface area contributed by atoms with E-state index in [1.54, 1.807) is 6.33 Å². The number of rotatable bonds is 2. The first-order chi connectivity index (χ1) is 9.26. The molecule has 2 N–H and O–H groups in total. The molecule has 102 valence electrons. The Labute approximate surface area is 115 Å². The highest BCUT2D eigenvalue weighted by Crippen LogP contribution is 2.59. The third-order valence-corrected chi connectivity index (χ3v) is 5.94. The van der Waals surface area contributed by atoms with Gasteiger partial charge in [0, 0.05) is 23.7 Å². The maximum atomic E-state index is 5.96. The van der Waals surface area contributed by atoms with Crippen molar-refractivity contribution in [2.75, 3.05) is 0 Å². The van der Waals surface area contributed by atoms with Gasteiger partial charge in [-0.15, -0.1) is 0 Å². The van der Waals surface area contributed by atoms with Crippen molar-refractivity contribution in [2.24, 2.45) is 29.4 Å². The van der Waals surface area contributed by atoms with E-state index in [2.05, 4.69) is 16.9 Å². The summed E-state index contributed by atoms with van der Waals surface area (Å²) in [5.74, 6) is 4.45. The zero-order chi connectivity index (χ0) is 13.0. The minimum atomic E-state index is 0.588. The first kappa shape index (κ1) is 11.8. The topological polar surface area (TPSA) is 51.8 Å². The number of aromatic nitrogens is 2. The van der Waals surface area contributed by atoms with Crippen molar-refractivity contribution in [3.05, 3.63) is 23.3 Å². The molecule has 1 heterocycles. The Balaban J connectivity index is 1.75. The van der Waals surface area contributed by atoms with E-state index in [4.69, 9.17) is 5.73 Å². The van der Waals surface area contributed by atoms with Crippen LogP contribution in [0.1, 0.15) is 55.0 Å². The predicted octanol–water partition coefficient (Wildman–Crippen LogP) is 2.78. The summed E-state index contributed by atoms with van der Waals surface area (Å²) in [5.41, 5.74) is 9.57. The molecule has 0 radical (unpaired) electrons. The van der Waals surface area contributed by atoms with Gasteiger partial charge in [-0.3, -0.25) is 0 Å². The van der Waals surface area contributed by atoms with Crippen molar-refractivity contribution < 1.29 is 0 Å². The zero-order valence-electron chi connectivity index (χ0n) is 11.7. The minimum Gasteiger partial charge on any atom is -0.326 e. The van der Waals surface area contributed by atoms with Crippen LogP contribution in [0.15, 0.2) is 6.33 Å². The average Bonchev–Trinajstić information content (AvgIpc) is 2.37. The Bertz CT molecular complexity index is 469. The van der Waals surface area contributed by atoms with E-state index in [9.17, 15) is 0 Å². The molecule has 0 unspecified atom stereocenters. The Morgan fingerprint density at radius 2 is 1.68 bits per heavy atom. The van der Waals surface area contributed by atoms with Crippen LogP contribution in [0.5, 0.6) is 0 Å². The van der Waals surface area contributed by atoms with Gasteiger partial charge in [0.1, 0.15) is 6.33 Å². The standard InChI is InChI=1S/C16H23N3/c1-9-14(7-17)16(19-8-18-9)15-12-3-10-2-11(5-12)6-13(15)4-10/h8,10-13,15H,2-7,17H2,1H3. The van der Waals surface area contributed by atoms with Gasteiger partial charge >= 0.3 is 0 Å². The fourth-order valence-electron chi connectivity index (χ4n) is 5.43. The molecule has 4 bridgehead atoms. The van der Waals surface area contributed by atoms with Crippen LogP contribution in [0, 0.1) is 30.6 Å². The van der Waals surface area contributed by atoms with Gasteiger partial charge in [0.05, 0.1) is 5.69 Å². The highest BCUT2D eigenvalue weighted by atomic mass is 14.9. The summed E-state index contributed by atoms with van der Waals surface area (Å²) in [6, 6.07) is 0. The lowest BCUT2D eigenvalue weighted by Gasteiger charge is -2.54. The van der Waals surface area contributed by atoms with E-state index >= 15 is 0 Å². The maximum absolute atomic E-state index is 5.96. The molecule has 4 aliphatic rings. The van der Waals surface area contributed by atoms with Crippen LogP contribution in [0.25, 0.3) is 0 Å². The molecule has 4 saturated carbocycles. The van der Waals surface area contributed by atoms with Crippen molar-refractivity contribution >= 4 is 0 Å². The van der Waals surface area contributed by atoms with Crippen LogP contribution in [-0.2, 0) is 6.54 Å². The molecule has 0 saturated heterocycles. The monoisotopic (exact) mass is 257 g/mol. The molecule has 0 amide bonds. The van der Waals surface area contributed by atoms with Crippen LogP contribution in [0.3, 0.4) is 0 Å². The van der Waals surface area contributed by atoms with E-state index in [-0.39, 0.29) is 0 Å². The minimum absolute atomic E-state index is 0.588. The fraction of sp³-hybridized carbons (Fsp3) is 0.750. The molecule has 1 aromatic heterocycles. The molecule has 0 aliphatic heterocycles. The summed E-state index contributed by atoms with van der Waals surface area (Å²) in [4.78, 5) is 9.00. The third-order valence-electron chi connectivity index (χ3n) is 5.94. The van der Waals surface area contributed by atoms with Crippen LogP contribution in [0.2, 0.25) is 0 Å². The van der Waals surface area contributed by atoms with Gasteiger partial charge in [-0.2, -0.15) is 0 Å². The molecule has 0 spiro atoms. The number of aryl methyl sites for hydroxylation is 1. The molecule has 1 aromatic rings. The molecule has 4 fully saturated rings. The molecule has 5 rings (SSSR count). The SMILES string of the molecule is Cc1ncnc(C2C3CC4CC(C3)CC2C4)c1CN. The first-order valence-corrected chi connectivity index (χ1v) is 7.76. The highest BCUT2D eigenvalue weighted by molar-refractivity contribution is 5.29. The Morgan fingerprint density at radius 1 is 1.05 bits per heavy atom. The Morgan fingerprint density at radius 3 is 2.26 bits per heavy atom. The lowest BCUT2D eigenvalue weighted by molar-refractivity contribution is -0.00452. The van der Waals surface area contributed by atoms with Crippen molar-refractivity contribution in [2.45, 2.75) is 51.5 Å². The van der Waals surface area contributed by atoms with Crippen LogP contribution in [-0.4, -0.2) is 9.97 Å². The van der Waals surface area contributed by atoms with Crippen molar-refractivity contribution in [1.82, 2.24) is 9.97 Å². The second kappa shape index (κ2) is 4.27. The fourth-order valence-corrected chi connectivity index (χ4v) is 5.43. The molecule has 19 heavy (non-hydrogen) atoms. The maximum Gasteiger partial charge on any atom is 0.115 e. The first-order valence-electron chi connectivity index (χ1n) is 7.76. The number of nitrogens with two attached hydrogens (primary N) is 1. The quantitative estimate of drug-likeness (QED) is 0.886. The molecule has 4 aliphatic carbocycles. The van der Waals surface area contributed by atoms with Gasteiger partial charge in [0.25, 0.3) is 0 Å². The van der Waals surface area contributed by atoms with E-state index in [0.29, 0.717) is 12.5 Å². The van der Waals surface area contributed by atoms with Crippen molar-refractivity contribution in [1.29, 1.82) is 0 Å². The predicted molar refractivity (Wildman–Crippen MR) is 74.4 cm³/mol. The highest BCUT2D eigenvalue weighted by Gasteiger charge is 2.49. The summed E-state index contributed by atoms with van der Waals surface area (Å²) < 4.78 is 0. The van der Waals surface area contributed by atoms with E-state index in [1.165, 1.54) is 43.4 Å². The van der Waals surface area contributed by atoms with Gasteiger partial charge in [0.2, 0.25) is 0 Å². The van der Waals surface area contributed by atoms with E-state index in [0.717, 1.165) is 29.4 Å². The molecular weight excluding hydrogens is 234 g/mol. The van der Waals surface area contributed by atoms with E-state index in [1.807, 2.05) is 0 Å². The van der Waals surface area contributed by atoms with Gasteiger partial charge < -0.3 is 5.73 Å². The van der Waals surface area contributed by atoms with Crippen LogP contribution in [0.4, 0.5) is 0 Å². The Kier molecular flexibility index (Phi) is 2.66. The molecular formula is C16H23N3. The van der Waals surface area contributed by atoms with E-state index < -0.39 is 0 Å². The zero-order valence-corrected chi connectivity index (χ0v) is 11.7. The van der Waals surface area contributed by atoms with Crippen molar-refractivity contribution in [3.8, 4) is 0 Å². The number of hydrogen-bond acceptors (Lipinski definition) is 3. The number of hydrogen-bond donors (Lipinski definition) is 1. The normalized spacial score (nSPS) is 39.8. The van der Waals surface area contributed by atoms with Crippen LogP contribution >= 0.6 is 0 Å². The van der Waals surface area contributed by atoms with Gasteiger partial charge in [-0.1, -0.05) is 0 Å². The lowest BCUT2D eigenvalue weighted by atomic mass is 9.51. The second-order valence-electron chi connectivity index (χ2n) is 6.98. The van der Waals surface area contributed by atoms with Crippen molar-refractivity contribution in [3.63, 3.8) is 0 Å².